The molecule has 2 aliphatic rings. The first-order valence-corrected chi connectivity index (χ1v) is 8.52. The molecule has 1 saturated heterocycles. The number of hydrogen-bond acceptors (Lipinski definition) is 3. The van der Waals surface area contributed by atoms with Crippen molar-refractivity contribution in [2.75, 3.05) is 19.8 Å². The van der Waals surface area contributed by atoms with E-state index in [1.165, 1.54) is 25.0 Å². The van der Waals surface area contributed by atoms with Crippen molar-refractivity contribution in [1.29, 1.82) is 0 Å². The van der Waals surface area contributed by atoms with Gasteiger partial charge in [0, 0.05) is 12.2 Å². The molecule has 0 unspecified atom stereocenters. The molecule has 1 saturated carbocycles. The number of ether oxygens (including phenoxy) is 1. The summed E-state index contributed by atoms with van der Waals surface area (Å²) in [7, 11) is 0. The Morgan fingerprint density at radius 3 is 2.82 bits per heavy atom. The lowest BCUT2D eigenvalue weighted by Crippen LogP contribution is -2.47. The van der Waals surface area contributed by atoms with Crippen molar-refractivity contribution in [3.63, 3.8) is 0 Å². The first-order valence-electron chi connectivity index (χ1n) is 8.52. The molecule has 1 aliphatic carbocycles. The lowest BCUT2D eigenvalue weighted by molar-refractivity contribution is -0.140. The van der Waals surface area contributed by atoms with Gasteiger partial charge in [0.15, 0.2) is 0 Å². The van der Waals surface area contributed by atoms with Crippen molar-refractivity contribution in [3.05, 3.63) is 17.5 Å². The molecule has 1 aromatic rings. The first kappa shape index (κ1) is 15.5. The minimum atomic E-state index is 0.145. The lowest BCUT2D eigenvalue weighted by Gasteiger charge is -2.36. The highest BCUT2D eigenvalue weighted by atomic mass is 16.5. The van der Waals surface area contributed by atoms with Crippen LogP contribution in [0.5, 0.6) is 0 Å². The quantitative estimate of drug-likeness (QED) is 0.810. The van der Waals surface area contributed by atoms with Gasteiger partial charge in [0.1, 0.15) is 6.61 Å². The zero-order valence-corrected chi connectivity index (χ0v) is 13.8. The second-order valence-electron chi connectivity index (χ2n) is 6.80. The van der Waals surface area contributed by atoms with Gasteiger partial charge in [-0.25, -0.2) is 0 Å². The van der Waals surface area contributed by atoms with Gasteiger partial charge < -0.3 is 9.64 Å². The normalized spacial score (nSPS) is 22.1. The van der Waals surface area contributed by atoms with Crippen LogP contribution in [0.3, 0.4) is 0 Å². The Kier molecular flexibility index (Phi) is 4.81. The first-order chi connectivity index (χ1) is 10.6. The molecular formula is C17H27N3O2. The molecule has 0 aromatic carbocycles. The molecule has 0 spiro atoms. The third-order valence-corrected chi connectivity index (χ3v) is 4.71. The molecule has 122 valence electrons. The number of amides is 1. The Labute approximate surface area is 132 Å². The van der Waals surface area contributed by atoms with Gasteiger partial charge in [-0.2, -0.15) is 5.10 Å². The number of likely N-dealkylation sites (tertiary alicyclic amines) is 1. The van der Waals surface area contributed by atoms with Crippen molar-refractivity contribution in [1.82, 2.24) is 14.7 Å². The van der Waals surface area contributed by atoms with Crippen molar-refractivity contribution >= 4 is 5.91 Å². The molecule has 1 amide bonds. The number of nitrogens with zero attached hydrogens (tertiary/aromatic N) is 3. The van der Waals surface area contributed by atoms with E-state index in [2.05, 4.69) is 18.1 Å². The van der Waals surface area contributed by atoms with E-state index in [9.17, 15) is 4.79 Å². The number of aryl methyl sites for hydroxylation is 2. The fourth-order valence-corrected chi connectivity index (χ4v) is 3.26. The second kappa shape index (κ2) is 6.82. The number of carbonyl (C=O) groups excluding carboxylic acids is 1. The molecule has 0 radical (unpaired) electrons. The largest absolute Gasteiger partial charge is 0.371 e. The fraction of sp³-hybridized carbons (Fsp3) is 0.765. The van der Waals surface area contributed by atoms with Crippen LogP contribution in [0.1, 0.15) is 43.5 Å². The molecule has 2 fully saturated rings. The summed E-state index contributed by atoms with van der Waals surface area (Å²) in [6, 6.07) is 2.34. The highest BCUT2D eigenvalue weighted by molar-refractivity contribution is 5.77. The van der Waals surface area contributed by atoms with Crippen LogP contribution >= 0.6 is 0 Å². The van der Waals surface area contributed by atoms with Gasteiger partial charge in [-0.1, -0.05) is 0 Å². The van der Waals surface area contributed by atoms with Gasteiger partial charge >= 0.3 is 0 Å². The molecule has 1 atom stereocenters. The summed E-state index contributed by atoms with van der Waals surface area (Å²) in [5.41, 5.74) is 2.21. The molecule has 0 bridgehead atoms. The van der Waals surface area contributed by atoms with Gasteiger partial charge in [0.05, 0.1) is 24.9 Å². The highest BCUT2D eigenvalue weighted by Crippen LogP contribution is 2.28. The van der Waals surface area contributed by atoms with E-state index in [0.717, 1.165) is 38.2 Å². The van der Waals surface area contributed by atoms with Crippen molar-refractivity contribution in [2.24, 2.45) is 5.92 Å². The fourth-order valence-electron chi connectivity index (χ4n) is 3.26. The molecule has 1 aromatic heterocycles. The minimum Gasteiger partial charge on any atom is -0.371 e. The predicted molar refractivity (Wildman–Crippen MR) is 84.6 cm³/mol. The van der Waals surface area contributed by atoms with Crippen LogP contribution in [-0.2, 0) is 16.1 Å². The number of piperidine rings is 1. The molecule has 2 heterocycles. The smallest absolute Gasteiger partial charge is 0.248 e. The topological polar surface area (TPSA) is 47.4 Å². The monoisotopic (exact) mass is 305 g/mol. The van der Waals surface area contributed by atoms with Crippen LogP contribution in [0.15, 0.2) is 6.07 Å². The Balaban J connectivity index is 1.57. The lowest BCUT2D eigenvalue weighted by atomic mass is 10.0. The van der Waals surface area contributed by atoms with Gasteiger partial charge in [-0.3, -0.25) is 9.48 Å². The summed E-state index contributed by atoms with van der Waals surface area (Å²) in [5.74, 6) is 0.853. The van der Waals surface area contributed by atoms with E-state index in [0.29, 0.717) is 5.92 Å². The Hall–Kier alpha value is -1.36. The molecule has 0 N–H and O–H groups in total. The zero-order valence-electron chi connectivity index (χ0n) is 13.8. The maximum atomic E-state index is 12.5. The predicted octanol–water partition coefficient (Wildman–Crippen LogP) is 2.31. The van der Waals surface area contributed by atoms with E-state index in [1.807, 2.05) is 16.5 Å². The third-order valence-electron chi connectivity index (χ3n) is 4.71. The van der Waals surface area contributed by atoms with Crippen LogP contribution in [0.25, 0.3) is 0 Å². The van der Waals surface area contributed by atoms with Gasteiger partial charge in [-0.15, -0.1) is 0 Å². The number of hydrogen-bond donors (Lipinski definition) is 0. The van der Waals surface area contributed by atoms with Crippen LogP contribution in [0.2, 0.25) is 0 Å². The average molecular weight is 305 g/mol. The van der Waals surface area contributed by atoms with Crippen LogP contribution in [0.4, 0.5) is 0 Å². The summed E-state index contributed by atoms with van der Waals surface area (Å²) in [6.45, 7) is 6.74. The summed E-state index contributed by atoms with van der Waals surface area (Å²) in [5, 5.41) is 4.54. The van der Waals surface area contributed by atoms with Crippen molar-refractivity contribution < 1.29 is 9.53 Å². The minimum absolute atomic E-state index is 0.145. The molecule has 5 nitrogen and oxygen atoms in total. The molecule has 22 heavy (non-hydrogen) atoms. The highest BCUT2D eigenvalue weighted by Gasteiger charge is 2.28. The van der Waals surface area contributed by atoms with E-state index in [1.54, 1.807) is 0 Å². The maximum Gasteiger partial charge on any atom is 0.248 e. The van der Waals surface area contributed by atoms with E-state index in [4.69, 9.17) is 4.74 Å². The van der Waals surface area contributed by atoms with E-state index >= 15 is 0 Å². The second-order valence-corrected chi connectivity index (χ2v) is 6.80. The third kappa shape index (κ3) is 3.88. The maximum absolute atomic E-state index is 12.5. The standard InChI is InChI=1S/C17H27N3O2/c1-13-9-14(2)20(18-13)10-16-5-3-4-8-19(16)17(21)12-22-11-15-6-7-15/h9,15-16H,3-8,10-12H2,1-2H3/t16-/m1/s1. The van der Waals surface area contributed by atoms with E-state index < -0.39 is 0 Å². The van der Waals surface area contributed by atoms with Crippen molar-refractivity contribution in [3.8, 4) is 0 Å². The van der Waals surface area contributed by atoms with E-state index in [-0.39, 0.29) is 18.6 Å². The zero-order chi connectivity index (χ0) is 15.5. The van der Waals surface area contributed by atoms with Crippen LogP contribution < -0.4 is 0 Å². The number of aromatic nitrogens is 2. The molecule has 1 aliphatic heterocycles. The number of carbonyl (C=O) groups is 1. The Morgan fingerprint density at radius 1 is 1.32 bits per heavy atom. The van der Waals surface area contributed by atoms with Gasteiger partial charge in [0.25, 0.3) is 0 Å². The number of rotatable bonds is 6. The Bertz CT molecular complexity index is 522. The summed E-state index contributed by atoms with van der Waals surface area (Å²) in [4.78, 5) is 14.5. The van der Waals surface area contributed by atoms with Crippen molar-refractivity contribution in [2.45, 2.75) is 58.5 Å². The summed E-state index contributed by atoms with van der Waals surface area (Å²) < 4.78 is 7.62. The molecule has 3 rings (SSSR count). The summed E-state index contributed by atoms with van der Waals surface area (Å²) >= 11 is 0. The SMILES string of the molecule is Cc1cc(C)n(C[C@H]2CCCCN2C(=O)COCC2CC2)n1. The van der Waals surface area contributed by atoms with Gasteiger partial charge in [-0.05, 0) is 57.9 Å². The van der Waals surface area contributed by atoms with Gasteiger partial charge in [0.2, 0.25) is 5.91 Å². The average Bonchev–Trinajstić information content (AvgIpc) is 3.25. The molecular weight excluding hydrogens is 278 g/mol. The Morgan fingerprint density at radius 2 is 2.14 bits per heavy atom. The summed E-state index contributed by atoms with van der Waals surface area (Å²) in [6.07, 6.45) is 5.88. The molecule has 5 heteroatoms. The van der Waals surface area contributed by atoms with Crippen LogP contribution in [-0.4, -0.2) is 46.4 Å². The van der Waals surface area contributed by atoms with Crippen LogP contribution in [0, 0.1) is 19.8 Å².